The van der Waals surface area contributed by atoms with Gasteiger partial charge in [-0.3, -0.25) is 4.79 Å². The number of ether oxygens (including phenoxy) is 2. The molecule has 1 atom stereocenters. The summed E-state index contributed by atoms with van der Waals surface area (Å²) >= 11 is 0. The Bertz CT molecular complexity index is 344. The molecule has 4 saturated carbocycles. The molecule has 4 bridgehead atoms. The second-order valence-corrected chi connectivity index (χ2v) is 7.59. The van der Waals surface area contributed by atoms with Crippen LogP contribution in [-0.4, -0.2) is 36.5 Å². The quantitative estimate of drug-likeness (QED) is 0.699. The first kappa shape index (κ1) is 15.3. The molecule has 0 aromatic rings. The lowest BCUT2D eigenvalue weighted by Gasteiger charge is -2.56. The molecule has 1 N–H and O–H groups in total. The van der Waals surface area contributed by atoms with Crippen LogP contribution in [0.5, 0.6) is 0 Å². The Morgan fingerprint density at radius 2 is 1.67 bits per heavy atom. The Morgan fingerprint density at radius 3 is 2.19 bits per heavy atom. The molecular weight excluding hydrogens is 268 g/mol. The van der Waals surface area contributed by atoms with Gasteiger partial charge < -0.3 is 14.6 Å². The molecule has 0 spiro atoms. The predicted octanol–water partition coefficient (Wildman–Crippen LogP) is 3.10. The van der Waals surface area contributed by atoms with Crippen molar-refractivity contribution >= 4 is 5.97 Å². The molecule has 0 aromatic heterocycles. The summed E-state index contributed by atoms with van der Waals surface area (Å²) < 4.78 is 11.8. The Hall–Kier alpha value is -0.610. The average Bonchev–Trinajstić information content (AvgIpc) is 2.40. The topological polar surface area (TPSA) is 55.8 Å². The van der Waals surface area contributed by atoms with Crippen molar-refractivity contribution in [3.05, 3.63) is 0 Å². The molecule has 0 unspecified atom stereocenters. The van der Waals surface area contributed by atoms with E-state index in [1.54, 1.807) is 6.92 Å². The van der Waals surface area contributed by atoms with Crippen LogP contribution in [0.2, 0.25) is 0 Å². The van der Waals surface area contributed by atoms with Crippen molar-refractivity contribution in [2.45, 2.75) is 57.5 Å². The van der Waals surface area contributed by atoms with Crippen molar-refractivity contribution in [3.8, 4) is 0 Å². The number of carbonyl (C=O) groups is 1. The first-order valence-corrected chi connectivity index (χ1v) is 8.51. The number of hydrogen-bond donors (Lipinski definition) is 1. The maximum absolute atomic E-state index is 10.7. The van der Waals surface area contributed by atoms with Crippen molar-refractivity contribution in [2.75, 3.05) is 19.8 Å². The van der Waals surface area contributed by atoms with Gasteiger partial charge >= 0.3 is 5.97 Å². The monoisotopic (exact) mass is 296 g/mol. The highest BCUT2D eigenvalue weighted by atomic mass is 16.5. The van der Waals surface area contributed by atoms with Crippen molar-refractivity contribution in [1.29, 1.82) is 0 Å². The van der Waals surface area contributed by atoms with Crippen molar-refractivity contribution < 1.29 is 19.4 Å². The molecule has 4 nitrogen and oxygen atoms in total. The van der Waals surface area contributed by atoms with Gasteiger partial charge in [0.15, 0.2) is 0 Å². The summed E-state index contributed by atoms with van der Waals surface area (Å²) in [4.78, 5) is 10.7. The summed E-state index contributed by atoms with van der Waals surface area (Å²) in [5.74, 6) is 1.66. The van der Waals surface area contributed by atoms with E-state index in [1.165, 1.54) is 38.5 Å². The highest BCUT2D eigenvalue weighted by Gasteiger charge is 2.51. The van der Waals surface area contributed by atoms with E-state index >= 15 is 0 Å². The van der Waals surface area contributed by atoms with Crippen LogP contribution in [0.4, 0.5) is 0 Å². The van der Waals surface area contributed by atoms with Crippen LogP contribution < -0.4 is 0 Å². The van der Waals surface area contributed by atoms with Gasteiger partial charge in [0.25, 0.3) is 0 Å². The molecule has 120 valence electrons. The van der Waals surface area contributed by atoms with Gasteiger partial charge in [-0.15, -0.1) is 0 Å². The molecule has 0 aromatic carbocycles. The normalized spacial score (nSPS) is 38.6. The lowest BCUT2D eigenvalue weighted by molar-refractivity contribution is -0.169. The molecule has 0 heterocycles. The molecule has 4 heteroatoms. The minimum Gasteiger partial charge on any atom is -0.481 e. The molecule has 4 aliphatic carbocycles. The minimum absolute atomic E-state index is 0.159. The van der Waals surface area contributed by atoms with E-state index in [9.17, 15) is 4.79 Å². The lowest BCUT2D eigenvalue weighted by Crippen LogP contribution is -2.52. The number of carboxylic acids is 1. The van der Waals surface area contributed by atoms with Gasteiger partial charge in [-0.1, -0.05) is 6.92 Å². The van der Waals surface area contributed by atoms with E-state index in [-0.39, 0.29) is 11.5 Å². The number of aliphatic carboxylic acids is 1. The van der Waals surface area contributed by atoms with E-state index in [0.29, 0.717) is 26.2 Å². The Kier molecular flexibility index (Phi) is 4.55. The maximum Gasteiger partial charge on any atom is 0.306 e. The van der Waals surface area contributed by atoms with Crippen LogP contribution >= 0.6 is 0 Å². The lowest BCUT2D eigenvalue weighted by atomic mass is 9.54. The van der Waals surface area contributed by atoms with Crippen molar-refractivity contribution in [2.24, 2.45) is 23.7 Å². The maximum atomic E-state index is 10.7. The van der Waals surface area contributed by atoms with Crippen LogP contribution in [0.25, 0.3) is 0 Å². The summed E-state index contributed by atoms with van der Waals surface area (Å²) in [6.45, 7) is 3.48. The SMILES string of the molecule is C[C@@H](CCOCCOC12CC3CC(CC(C3)C1)C2)C(=O)O. The molecule has 4 fully saturated rings. The molecular formula is C17H28O4. The Balaban J connectivity index is 1.34. The van der Waals surface area contributed by atoms with Gasteiger partial charge in [-0.05, 0) is 62.7 Å². The van der Waals surface area contributed by atoms with Crippen LogP contribution in [0.1, 0.15) is 51.9 Å². The fourth-order valence-electron chi connectivity index (χ4n) is 5.01. The van der Waals surface area contributed by atoms with Gasteiger partial charge in [0.2, 0.25) is 0 Å². The van der Waals surface area contributed by atoms with E-state index in [0.717, 1.165) is 17.8 Å². The van der Waals surface area contributed by atoms with Gasteiger partial charge in [-0.2, -0.15) is 0 Å². The average molecular weight is 296 g/mol. The summed E-state index contributed by atoms with van der Waals surface area (Å²) in [7, 11) is 0. The van der Waals surface area contributed by atoms with Crippen LogP contribution in [-0.2, 0) is 14.3 Å². The highest BCUT2D eigenvalue weighted by molar-refractivity contribution is 5.69. The zero-order valence-corrected chi connectivity index (χ0v) is 13.1. The Morgan fingerprint density at radius 1 is 1.10 bits per heavy atom. The molecule has 0 aliphatic heterocycles. The molecule has 0 saturated heterocycles. The summed E-state index contributed by atoms with van der Waals surface area (Å²) in [5.41, 5.74) is 0.159. The van der Waals surface area contributed by atoms with Gasteiger partial charge in [0, 0.05) is 6.61 Å². The van der Waals surface area contributed by atoms with Gasteiger partial charge in [0.05, 0.1) is 24.7 Å². The van der Waals surface area contributed by atoms with Gasteiger partial charge in [-0.25, -0.2) is 0 Å². The van der Waals surface area contributed by atoms with Crippen molar-refractivity contribution in [3.63, 3.8) is 0 Å². The largest absolute Gasteiger partial charge is 0.481 e. The van der Waals surface area contributed by atoms with E-state index in [2.05, 4.69) is 0 Å². The fraction of sp³-hybridized carbons (Fsp3) is 0.941. The fourth-order valence-corrected chi connectivity index (χ4v) is 5.01. The molecule has 0 radical (unpaired) electrons. The summed E-state index contributed by atoms with van der Waals surface area (Å²) in [6.07, 6.45) is 8.66. The first-order valence-electron chi connectivity index (χ1n) is 8.51. The third-order valence-electron chi connectivity index (χ3n) is 5.73. The molecule has 0 amide bonds. The molecule has 4 rings (SSSR count). The zero-order chi connectivity index (χ0) is 14.9. The van der Waals surface area contributed by atoms with Crippen LogP contribution in [0, 0.1) is 23.7 Å². The van der Waals surface area contributed by atoms with E-state index in [4.69, 9.17) is 14.6 Å². The number of carboxylic acid groups (broad SMARTS) is 1. The first-order chi connectivity index (χ1) is 10.1. The zero-order valence-electron chi connectivity index (χ0n) is 13.1. The van der Waals surface area contributed by atoms with Crippen molar-refractivity contribution in [1.82, 2.24) is 0 Å². The standard InChI is InChI=1S/C17H28O4/c1-12(16(18)19)2-3-20-4-5-21-17-9-13-6-14(10-17)8-15(7-13)11-17/h12-15H,2-11H2,1H3,(H,18,19)/t12-,13?,14?,15?,17?/m0/s1. The summed E-state index contributed by atoms with van der Waals surface area (Å²) in [6, 6.07) is 0. The number of hydrogen-bond acceptors (Lipinski definition) is 3. The predicted molar refractivity (Wildman–Crippen MR) is 79.1 cm³/mol. The smallest absolute Gasteiger partial charge is 0.306 e. The molecule has 4 aliphatic rings. The third-order valence-corrected chi connectivity index (χ3v) is 5.73. The second-order valence-electron chi connectivity index (χ2n) is 7.59. The Labute approximate surface area is 127 Å². The van der Waals surface area contributed by atoms with Crippen LogP contribution in [0.3, 0.4) is 0 Å². The highest BCUT2D eigenvalue weighted by Crippen LogP contribution is 2.57. The second kappa shape index (κ2) is 6.25. The van der Waals surface area contributed by atoms with Crippen LogP contribution in [0.15, 0.2) is 0 Å². The third kappa shape index (κ3) is 3.59. The summed E-state index contributed by atoms with van der Waals surface area (Å²) in [5, 5.41) is 8.80. The minimum atomic E-state index is -0.747. The van der Waals surface area contributed by atoms with Gasteiger partial charge in [0.1, 0.15) is 0 Å². The number of rotatable bonds is 8. The molecule has 21 heavy (non-hydrogen) atoms. The van der Waals surface area contributed by atoms with E-state index in [1.807, 2.05) is 0 Å². The van der Waals surface area contributed by atoms with E-state index < -0.39 is 5.97 Å².